The molecule has 0 amide bonds. The number of rotatable bonds is 5. The Labute approximate surface area is 158 Å². The molecular weight excluding hydrogens is 377 g/mol. The average Bonchev–Trinajstić information content (AvgIpc) is 2.68. The predicted octanol–water partition coefficient (Wildman–Crippen LogP) is 1.33. The number of nitrogens with zero attached hydrogens (tertiary/aromatic N) is 6. The van der Waals surface area contributed by atoms with E-state index in [-0.39, 0.29) is 35.7 Å². The van der Waals surface area contributed by atoms with Crippen LogP contribution in [0, 0.1) is 11.3 Å². The highest BCUT2D eigenvalue weighted by molar-refractivity contribution is 5.61. The lowest BCUT2D eigenvalue weighted by Crippen LogP contribution is -2.44. The standard InChI is InChI=1S/C16H17F3N8O/c1-27(9-11-7-21-2-3-28-11)12-4-13(25-26-15(12)16(17,18)19)24-14-8-22-10(5-20)6-23-14/h4,6,8,11,21H,2-3,7,9H2,1H3,(H,23,24,25). The van der Waals surface area contributed by atoms with Gasteiger partial charge in [-0.2, -0.15) is 18.4 Å². The smallest absolute Gasteiger partial charge is 0.374 e. The zero-order valence-electron chi connectivity index (χ0n) is 14.9. The van der Waals surface area contributed by atoms with Gasteiger partial charge in [0.25, 0.3) is 0 Å². The number of anilines is 3. The lowest BCUT2D eigenvalue weighted by Gasteiger charge is -2.30. The summed E-state index contributed by atoms with van der Waals surface area (Å²) in [5.74, 6) is 0.290. The summed E-state index contributed by atoms with van der Waals surface area (Å²) < 4.78 is 45.7. The van der Waals surface area contributed by atoms with E-state index in [2.05, 4.69) is 30.8 Å². The van der Waals surface area contributed by atoms with Crippen molar-refractivity contribution < 1.29 is 17.9 Å². The van der Waals surface area contributed by atoms with Gasteiger partial charge >= 0.3 is 6.18 Å². The highest BCUT2D eigenvalue weighted by Crippen LogP contribution is 2.35. The van der Waals surface area contributed by atoms with Gasteiger partial charge in [-0.3, -0.25) is 0 Å². The van der Waals surface area contributed by atoms with Gasteiger partial charge in [-0.15, -0.1) is 10.2 Å². The summed E-state index contributed by atoms with van der Waals surface area (Å²) in [5, 5.41) is 21.6. The Morgan fingerprint density at radius 2 is 2.14 bits per heavy atom. The molecule has 1 fully saturated rings. The third kappa shape index (κ3) is 4.81. The Balaban J connectivity index is 1.84. The van der Waals surface area contributed by atoms with Crippen LogP contribution in [0.15, 0.2) is 18.5 Å². The van der Waals surface area contributed by atoms with Crippen molar-refractivity contribution in [3.63, 3.8) is 0 Å². The minimum atomic E-state index is -4.66. The molecule has 0 saturated carbocycles. The zero-order valence-corrected chi connectivity index (χ0v) is 14.9. The molecule has 1 atom stereocenters. The van der Waals surface area contributed by atoms with E-state index in [9.17, 15) is 13.2 Å². The van der Waals surface area contributed by atoms with Crippen LogP contribution in [-0.4, -0.2) is 59.6 Å². The fraction of sp³-hybridized carbons (Fsp3) is 0.438. The quantitative estimate of drug-likeness (QED) is 0.775. The van der Waals surface area contributed by atoms with Crippen molar-refractivity contribution in [1.29, 1.82) is 5.26 Å². The molecule has 0 aliphatic carbocycles. The fourth-order valence-electron chi connectivity index (χ4n) is 2.66. The van der Waals surface area contributed by atoms with Gasteiger partial charge in [0.05, 0.1) is 30.8 Å². The van der Waals surface area contributed by atoms with Gasteiger partial charge in [0.1, 0.15) is 11.9 Å². The topological polar surface area (TPSA) is 112 Å². The van der Waals surface area contributed by atoms with Crippen LogP contribution in [0.5, 0.6) is 0 Å². The van der Waals surface area contributed by atoms with Gasteiger partial charge in [0.2, 0.25) is 0 Å². The minimum absolute atomic E-state index is 0.0662. The Hall–Kier alpha value is -3.04. The summed E-state index contributed by atoms with van der Waals surface area (Å²) in [4.78, 5) is 9.23. The number of ether oxygens (including phenoxy) is 1. The number of nitriles is 1. The fourth-order valence-corrected chi connectivity index (χ4v) is 2.66. The summed E-state index contributed by atoms with van der Waals surface area (Å²) in [6.45, 7) is 2.02. The molecule has 0 radical (unpaired) electrons. The molecule has 1 saturated heterocycles. The second-order valence-corrected chi connectivity index (χ2v) is 6.06. The maximum absolute atomic E-state index is 13.4. The SMILES string of the molecule is CN(CC1CNCCO1)c1cc(Nc2cnc(C#N)cn2)nnc1C(F)(F)F. The van der Waals surface area contributed by atoms with Gasteiger partial charge in [-0.05, 0) is 0 Å². The molecule has 3 rings (SSSR count). The lowest BCUT2D eigenvalue weighted by molar-refractivity contribution is -0.141. The summed E-state index contributed by atoms with van der Waals surface area (Å²) in [6, 6.07) is 3.07. The molecule has 148 valence electrons. The molecule has 1 unspecified atom stereocenters. The summed E-state index contributed by atoms with van der Waals surface area (Å²) >= 11 is 0. The molecule has 28 heavy (non-hydrogen) atoms. The van der Waals surface area contributed by atoms with Crippen molar-refractivity contribution in [3.8, 4) is 6.07 Å². The molecule has 2 N–H and O–H groups in total. The van der Waals surface area contributed by atoms with Crippen molar-refractivity contribution in [2.24, 2.45) is 0 Å². The first-order chi connectivity index (χ1) is 13.4. The van der Waals surface area contributed by atoms with Gasteiger partial charge in [0.15, 0.2) is 17.2 Å². The van der Waals surface area contributed by atoms with E-state index in [1.54, 1.807) is 0 Å². The Morgan fingerprint density at radius 3 is 2.75 bits per heavy atom. The number of hydrogen-bond donors (Lipinski definition) is 2. The van der Waals surface area contributed by atoms with E-state index in [1.807, 2.05) is 6.07 Å². The number of nitrogens with one attached hydrogen (secondary N) is 2. The van der Waals surface area contributed by atoms with Gasteiger partial charge in [-0.1, -0.05) is 0 Å². The van der Waals surface area contributed by atoms with Crippen LogP contribution in [-0.2, 0) is 10.9 Å². The van der Waals surface area contributed by atoms with Crippen molar-refractivity contribution in [3.05, 3.63) is 29.8 Å². The monoisotopic (exact) mass is 394 g/mol. The second kappa shape index (κ2) is 8.32. The normalized spacial score (nSPS) is 17.0. The van der Waals surface area contributed by atoms with Crippen LogP contribution >= 0.6 is 0 Å². The molecule has 0 bridgehead atoms. The van der Waals surface area contributed by atoms with Crippen molar-refractivity contribution in [2.45, 2.75) is 12.3 Å². The average molecular weight is 394 g/mol. The first kappa shape index (κ1) is 19.7. The number of halogens is 3. The molecular formula is C16H17F3N8O. The first-order valence-corrected chi connectivity index (χ1v) is 8.34. The van der Waals surface area contributed by atoms with Crippen molar-refractivity contribution >= 4 is 17.3 Å². The van der Waals surface area contributed by atoms with E-state index in [1.165, 1.54) is 30.4 Å². The van der Waals surface area contributed by atoms with Crippen LogP contribution in [0.4, 0.5) is 30.5 Å². The molecule has 2 aromatic rings. The Morgan fingerprint density at radius 1 is 1.32 bits per heavy atom. The first-order valence-electron chi connectivity index (χ1n) is 8.34. The number of hydrogen-bond acceptors (Lipinski definition) is 9. The maximum Gasteiger partial charge on any atom is 0.437 e. The van der Waals surface area contributed by atoms with E-state index < -0.39 is 11.9 Å². The number of likely N-dealkylation sites (N-methyl/N-ethyl adjacent to an activating group) is 1. The summed E-state index contributed by atoms with van der Waals surface area (Å²) in [6.07, 6.45) is -2.38. The number of morpholine rings is 1. The highest BCUT2D eigenvalue weighted by Gasteiger charge is 2.38. The van der Waals surface area contributed by atoms with Crippen molar-refractivity contribution in [2.75, 3.05) is 43.5 Å². The summed E-state index contributed by atoms with van der Waals surface area (Å²) in [5.41, 5.74) is -1.11. The lowest BCUT2D eigenvalue weighted by atomic mass is 10.2. The maximum atomic E-state index is 13.4. The van der Waals surface area contributed by atoms with Crippen LogP contribution in [0.1, 0.15) is 11.4 Å². The molecule has 0 spiro atoms. The third-order valence-corrected chi connectivity index (χ3v) is 3.96. The van der Waals surface area contributed by atoms with Gasteiger partial charge < -0.3 is 20.3 Å². The molecule has 1 aliphatic heterocycles. The molecule has 9 nitrogen and oxygen atoms in total. The van der Waals surface area contributed by atoms with E-state index >= 15 is 0 Å². The van der Waals surface area contributed by atoms with Crippen LogP contribution in [0.25, 0.3) is 0 Å². The van der Waals surface area contributed by atoms with Crippen LogP contribution in [0.2, 0.25) is 0 Å². The van der Waals surface area contributed by atoms with Gasteiger partial charge in [0, 0.05) is 32.7 Å². The highest BCUT2D eigenvalue weighted by atomic mass is 19.4. The number of aromatic nitrogens is 4. The minimum Gasteiger partial charge on any atom is -0.374 e. The van der Waals surface area contributed by atoms with E-state index in [4.69, 9.17) is 10.00 Å². The van der Waals surface area contributed by atoms with Gasteiger partial charge in [-0.25, -0.2) is 9.97 Å². The molecule has 1 aliphatic rings. The molecule has 3 heterocycles. The third-order valence-electron chi connectivity index (χ3n) is 3.96. The molecule has 12 heteroatoms. The molecule has 0 aromatic carbocycles. The predicted molar refractivity (Wildman–Crippen MR) is 92.9 cm³/mol. The van der Waals surface area contributed by atoms with Crippen molar-refractivity contribution in [1.82, 2.24) is 25.5 Å². The van der Waals surface area contributed by atoms with Crippen LogP contribution in [0.3, 0.4) is 0 Å². The Kier molecular flexibility index (Phi) is 5.86. The molecule has 2 aromatic heterocycles. The zero-order chi connectivity index (χ0) is 20.1. The van der Waals surface area contributed by atoms with E-state index in [0.717, 1.165) is 0 Å². The number of alkyl halides is 3. The van der Waals surface area contributed by atoms with E-state index in [0.29, 0.717) is 19.7 Å². The Bertz CT molecular complexity index is 846. The largest absolute Gasteiger partial charge is 0.437 e. The second-order valence-electron chi connectivity index (χ2n) is 6.06. The summed E-state index contributed by atoms with van der Waals surface area (Å²) in [7, 11) is 1.54. The van der Waals surface area contributed by atoms with Crippen LogP contribution < -0.4 is 15.5 Å².